The summed E-state index contributed by atoms with van der Waals surface area (Å²) in [5, 5.41) is 0.171. The van der Waals surface area contributed by atoms with Crippen molar-refractivity contribution in [2.75, 3.05) is 36.4 Å². The highest BCUT2D eigenvalue weighted by Gasteiger charge is 2.31. The van der Waals surface area contributed by atoms with E-state index in [1.165, 1.54) is 49.5 Å². The first-order chi connectivity index (χ1) is 16.2. The van der Waals surface area contributed by atoms with E-state index in [4.69, 9.17) is 11.6 Å². The minimum absolute atomic E-state index is 0.0566. The molecular formula is C24H24ClFN4O3S. The van der Waals surface area contributed by atoms with E-state index in [1.54, 1.807) is 24.3 Å². The van der Waals surface area contributed by atoms with Gasteiger partial charge in [0, 0.05) is 45.3 Å². The second kappa shape index (κ2) is 9.60. The quantitative estimate of drug-likeness (QED) is 0.508. The average molecular weight is 503 g/mol. The number of carbonyl (C=O) groups excluding carboxylic acids is 1. The first-order valence-electron chi connectivity index (χ1n) is 10.6. The van der Waals surface area contributed by atoms with E-state index in [0.717, 1.165) is 23.0 Å². The van der Waals surface area contributed by atoms with Crippen LogP contribution in [0.15, 0.2) is 71.9 Å². The lowest BCUT2D eigenvalue weighted by Crippen LogP contribution is -2.39. The highest BCUT2D eigenvalue weighted by Crippen LogP contribution is 2.28. The van der Waals surface area contributed by atoms with Crippen molar-refractivity contribution in [3.63, 3.8) is 0 Å². The lowest BCUT2D eigenvalue weighted by Gasteiger charge is -2.26. The predicted molar refractivity (Wildman–Crippen MR) is 130 cm³/mol. The molecule has 0 spiro atoms. The molecule has 2 aromatic carbocycles. The first kappa shape index (κ1) is 24.0. The second-order valence-electron chi connectivity index (χ2n) is 8.10. The van der Waals surface area contributed by atoms with Crippen molar-refractivity contribution in [3.05, 3.63) is 83.4 Å². The summed E-state index contributed by atoms with van der Waals surface area (Å²) in [7, 11) is -0.928. The van der Waals surface area contributed by atoms with E-state index < -0.39 is 15.8 Å². The number of benzene rings is 2. The molecule has 0 radical (unpaired) electrons. The van der Waals surface area contributed by atoms with Gasteiger partial charge in [0.15, 0.2) is 0 Å². The Morgan fingerprint density at radius 1 is 1.09 bits per heavy atom. The van der Waals surface area contributed by atoms with Crippen LogP contribution in [-0.2, 0) is 10.0 Å². The summed E-state index contributed by atoms with van der Waals surface area (Å²) in [5.74, 6) is -0.820. The van der Waals surface area contributed by atoms with Gasteiger partial charge in [-0.2, -0.15) is 0 Å². The van der Waals surface area contributed by atoms with Gasteiger partial charge in [0.2, 0.25) is 0 Å². The molecule has 7 nitrogen and oxygen atoms in total. The minimum Gasteiger partial charge on any atom is -0.369 e. The van der Waals surface area contributed by atoms with E-state index in [9.17, 15) is 17.6 Å². The van der Waals surface area contributed by atoms with Gasteiger partial charge < -0.3 is 9.80 Å². The molecule has 10 heteroatoms. The SMILES string of the molecule is CN(C(=O)c1cc(S(=O)(=O)N(C)c2ccc(F)cc2)ccc1Cl)C1CCN(c2ccncc2)C1. The van der Waals surface area contributed by atoms with Crippen molar-refractivity contribution in [1.82, 2.24) is 9.88 Å². The molecule has 0 aliphatic carbocycles. The third kappa shape index (κ3) is 4.71. The maximum atomic E-state index is 13.3. The number of hydrogen-bond donors (Lipinski definition) is 0. The van der Waals surface area contributed by atoms with Crippen LogP contribution in [0.2, 0.25) is 5.02 Å². The third-order valence-electron chi connectivity index (χ3n) is 6.08. The van der Waals surface area contributed by atoms with Crippen LogP contribution in [0.25, 0.3) is 0 Å². The van der Waals surface area contributed by atoms with Gasteiger partial charge in [-0.3, -0.25) is 14.1 Å². The van der Waals surface area contributed by atoms with E-state index in [2.05, 4.69) is 9.88 Å². The molecule has 1 fully saturated rings. The molecular weight excluding hydrogens is 479 g/mol. The minimum atomic E-state index is -4.00. The van der Waals surface area contributed by atoms with Crippen LogP contribution >= 0.6 is 11.6 Å². The Bertz CT molecular complexity index is 1290. The van der Waals surface area contributed by atoms with Gasteiger partial charge in [-0.05, 0) is 61.0 Å². The molecule has 1 amide bonds. The fraction of sp³-hybridized carbons (Fsp3) is 0.250. The summed E-state index contributed by atoms with van der Waals surface area (Å²) < 4.78 is 40.7. The van der Waals surface area contributed by atoms with Crippen molar-refractivity contribution >= 4 is 38.9 Å². The maximum Gasteiger partial charge on any atom is 0.264 e. The van der Waals surface area contributed by atoms with Crippen LogP contribution in [0.1, 0.15) is 16.8 Å². The van der Waals surface area contributed by atoms with Gasteiger partial charge in [-0.25, -0.2) is 12.8 Å². The standard InChI is InChI=1S/C24H24ClFN4O3S/c1-28(20-11-14-30(16-20)19-9-12-27-13-10-19)24(31)22-15-21(7-8-23(22)25)34(32,33)29(2)18-5-3-17(26)4-6-18/h3-10,12-13,15,20H,11,14,16H2,1-2H3. The average Bonchev–Trinajstić information content (AvgIpc) is 3.34. The van der Waals surface area contributed by atoms with Crippen molar-refractivity contribution in [1.29, 1.82) is 0 Å². The summed E-state index contributed by atoms with van der Waals surface area (Å²) in [6.07, 6.45) is 4.23. The van der Waals surface area contributed by atoms with Gasteiger partial charge in [-0.1, -0.05) is 11.6 Å². The number of rotatable bonds is 6. The van der Waals surface area contributed by atoms with E-state index in [-0.39, 0.29) is 27.4 Å². The van der Waals surface area contributed by atoms with E-state index in [0.29, 0.717) is 12.2 Å². The Morgan fingerprint density at radius 2 is 1.76 bits per heavy atom. The summed E-state index contributed by atoms with van der Waals surface area (Å²) >= 11 is 6.32. The van der Waals surface area contributed by atoms with Gasteiger partial charge in [0.1, 0.15) is 5.82 Å². The number of hydrogen-bond acceptors (Lipinski definition) is 5. The number of halogens is 2. The molecule has 0 bridgehead atoms. The maximum absolute atomic E-state index is 13.3. The molecule has 1 atom stereocenters. The zero-order chi connectivity index (χ0) is 24.5. The van der Waals surface area contributed by atoms with Crippen LogP contribution in [-0.4, -0.2) is 57.4 Å². The summed E-state index contributed by atoms with van der Waals surface area (Å²) in [6.45, 7) is 1.44. The number of aromatic nitrogens is 1. The number of amides is 1. The zero-order valence-corrected chi connectivity index (χ0v) is 20.3. The van der Waals surface area contributed by atoms with E-state index in [1.807, 2.05) is 12.1 Å². The lowest BCUT2D eigenvalue weighted by atomic mass is 10.1. The normalized spacial score (nSPS) is 15.9. The van der Waals surface area contributed by atoms with Crippen molar-refractivity contribution in [2.24, 2.45) is 0 Å². The number of likely N-dealkylation sites (N-methyl/N-ethyl adjacent to an activating group) is 1. The Kier molecular flexibility index (Phi) is 6.77. The molecule has 0 N–H and O–H groups in total. The molecule has 1 aliphatic heterocycles. The molecule has 34 heavy (non-hydrogen) atoms. The monoisotopic (exact) mass is 502 g/mol. The fourth-order valence-corrected chi connectivity index (χ4v) is 5.40. The van der Waals surface area contributed by atoms with Crippen LogP contribution in [0.5, 0.6) is 0 Å². The predicted octanol–water partition coefficient (Wildman–Crippen LogP) is 4.05. The second-order valence-corrected chi connectivity index (χ2v) is 10.5. The molecule has 1 aromatic heterocycles. The molecule has 1 aliphatic rings. The topological polar surface area (TPSA) is 73.8 Å². The Hall–Kier alpha value is -3.17. The van der Waals surface area contributed by atoms with Crippen LogP contribution in [0.4, 0.5) is 15.8 Å². The first-order valence-corrected chi connectivity index (χ1v) is 12.5. The molecule has 1 saturated heterocycles. The van der Waals surface area contributed by atoms with Gasteiger partial charge in [0.25, 0.3) is 15.9 Å². The smallest absolute Gasteiger partial charge is 0.264 e. The zero-order valence-electron chi connectivity index (χ0n) is 18.7. The summed E-state index contributed by atoms with van der Waals surface area (Å²) in [5.41, 5.74) is 1.44. The molecule has 0 saturated carbocycles. The largest absolute Gasteiger partial charge is 0.369 e. The fourth-order valence-electron chi connectivity index (χ4n) is 3.98. The van der Waals surface area contributed by atoms with Gasteiger partial charge in [-0.15, -0.1) is 0 Å². The molecule has 4 rings (SSSR count). The molecule has 2 heterocycles. The van der Waals surface area contributed by atoms with E-state index >= 15 is 0 Å². The van der Waals surface area contributed by atoms with Crippen molar-refractivity contribution in [3.8, 4) is 0 Å². The summed E-state index contributed by atoms with van der Waals surface area (Å²) in [4.78, 5) is 21.1. The van der Waals surface area contributed by atoms with Crippen LogP contribution in [0, 0.1) is 5.82 Å². The Labute approximate surface area is 203 Å². The Morgan fingerprint density at radius 3 is 2.44 bits per heavy atom. The van der Waals surface area contributed by atoms with Gasteiger partial charge in [0.05, 0.1) is 27.2 Å². The highest BCUT2D eigenvalue weighted by atomic mass is 35.5. The third-order valence-corrected chi connectivity index (χ3v) is 8.19. The number of sulfonamides is 1. The van der Waals surface area contributed by atoms with Crippen molar-refractivity contribution < 1.29 is 17.6 Å². The highest BCUT2D eigenvalue weighted by molar-refractivity contribution is 7.92. The molecule has 3 aromatic rings. The number of anilines is 2. The molecule has 178 valence electrons. The van der Waals surface area contributed by atoms with Crippen LogP contribution in [0.3, 0.4) is 0 Å². The number of carbonyl (C=O) groups is 1. The summed E-state index contributed by atoms with van der Waals surface area (Å²) in [6, 6.07) is 13.0. The number of nitrogens with zero attached hydrogens (tertiary/aromatic N) is 4. The van der Waals surface area contributed by atoms with Crippen LogP contribution < -0.4 is 9.21 Å². The van der Waals surface area contributed by atoms with Crippen molar-refractivity contribution in [2.45, 2.75) is 17.4 Å². The number of pyridine rings is 1. The van der Waals surface area contributed by atoms with Gasteiger partial charge >= 0.3 is 0 Å². The molecule has 1 unspecified atom stereocenters. The Balaban J connectivity index is 1.55. The lowest BCUT2D eigenvalue weighted by molar-refractivity contribution is 0.0745.